The van der Waals surface area contributed by atoms with Crippen molar-refractivity contribution >= 4 is 0 Å². The largest absolute Gasteiger partial charge is 0.463 e. The van der Waals surface area contributed by atoms with Crippen molar-refractivity contribution in [1.82, 2.24) is 9.78 Å². The van der Waals surface area contributed by atoms with Crippen molar-refractivity contribution in [3.05, 3.63) is 69.7 Å². The maximum absolute atomic E-state index is 15.1. The molecule has 0 fully saturated rings. The van der Waals surface area contributed by atoms with Crippen LogP contribution in [0.2, 0.25) is 0 Å². The lowest BCUT2D eigenvalue weighted by Crippen LogP contribution is -2.29. The van der Waals surface area contributed by atoms with E-state index in [-0.39, 0.29) is 17.5 Å². The molecule has 0 radical (unpaired) electrons. The van der Waals surface area contributed by atoms with Gasteiger partial charge in [-0.1, -0.05) is 12.1 Å². The van der Waals surface area contributed by atoms with Gasteiger partial charge in [0.15, 0.2) is 6.10 Å². The van der Waals surface area contributed by atoms with Crippen LogP contribution >= 0.6 is 0 Å². The number of nitriles is 1. The maximum atomic E-state index is 15.1. The van der Waals surface area contributed by atoms with Crippen molar-refractivity contribution in [3.8, 4) is 23.1 Å². The summed E-state index contributed by atoms with van der Waals surface area (Å²) in [5.74, 6) is -3.98. The molecule has 0 saturated heterocycles. The molecule has 3 aromatic rings. The summed E-state index contributed by atoms with van der Waals surface area (Å²) in [5, 5.41) is 13.7. The number of benzene rings is 2. The molecule has 3 unspecified atom stereocenters. The van der Waals surface area contributed by atoms with Crippen molar-refractivity contribution in [2.24, 2.45) is 7.05 Å². The Morgan fingerprint density at radius 3 is 2.75 bits per heavy atom. The fraction of sp³-hybridized carbons (Fsp3) is 0.333. The van der Waals surface area contributed by atoms with Crippen LogP contribution in [0.3, 0.4) is 0 Å². The van der Waals surface area contributed by atoms with Gasteiger partial charge in [0, 0.05) is 24.9 Å². The van der Waals surface area contributed by atoms with E-state index >= 15 is 8.78 Å². The lowest BCUT2D eigenvalue weighted by Gasteiger charge is -2.31. The average molecular weight is 439 g/mol. The summed E-state index contributed by atoms with van der Waals surface area (Å²) in [6.45, 7) is 0. The van der Waals surface area contributed by atoms with Crippen LogP contribution in [0.25, 0.3) is 11.1 Å². The molecular formula is C24H17F4N3O. The molecular weight excluding hydrogens is 422 g/mol. The number of hydrogen-bond donors (Lipinski definition) is 0. The van der Waals surface area contributed by atoms with Crippen molar-refractivity contribution < 1.29 is 22.3 Å². The second-order valence-electron chi connectivity index (χ2n) is 8.68. The third kappa shape index (κ3) is 2.45. The number of halogens is 4. The van der Waals surface area contributed by atoms with Gasteiger partial charge in [-0.05, 0) is 52.8 Å². The zero-order valence-corrected chi connectivity index (χ0v) is 17.0. The molecule has 8 heteroatoms. The lowest BCUT2D eigenvalue weighted by molar-refractivity contribution is -0.0879. The topological polar surface area (TPSA) is 50.8 Å². The molecule has 0 saturated carbocycles. The predicted octanol–water partition coefficient (Wildman–Crippen LogP) is 5.66. The minimum absolute atomic E-state index is 0.0457. The Morgan fingerprint density at radius 2 is 1.97 bits per heavy atom. The van der Waals surface area contributed by atoms with Crippen LogP contribution in [0, 0.1) is 17.1 Å². The average Bonchev–Trinajstić information content (AvgIpc) is 3.27. The second-order valence-corrected chi connectivity index (χ2v) is 8.68. The first-order valence-corrected chi connectivity index (χ1v) is 10.4. The molecule has 32 heavy (non-hydrogen) atoms. The highest BCUT2D eigenvalue weighted by molar-refractivity contribution is 5.77. The molecule has 0 amide bonds. The van der Waals surface area contributed by atoms with Crippen molar-refractivity contribution in [2.75, 3.05) is 0 Å². The van der Waals surface area contributed by atoms with E-state index in [1.165, 1.54) is 4.68 Å². The van der Waals surface area contributed by atoms with Gasteiger partial charge in [-0.25, -0.2) is 22.2 Å². The van der Waals surface area contributed by atoms with Crippen LogP contribution in [0.4, 0.5) is 17.6 Å². The molecule has 2 aliphatic carbocycles. The summed E-state index contributed by atoms with van der Waals surface area (Å²) in [4.78, 5) is 0. The van der Waals surface area contributed by atoms with E-state index in [4.69, 9.17) is 4.74 Å². The summed E-state index contributed by atoms with van der Waals surface area (Å²) in [6.07, 6.45) is -1.27. The van der Waals surface area contributed by atoms with Gasteiger partial charge in [0.05, 0.1) is 23.4 Å². The summed E-state index contributed by atoms with van der Waals surface area (Å²) in [5.41, 5.74) is 3.40. The number of ether oxygens (including phenoxy) is 1. The molecule has 0 N–H and O–H groups in total. The van der Waals surface area contributed by atoms with Crippen LogP contribution in [0.1, 0.15) is 64.4 Å². The van der Waals surface area contributed by atoms with Gasteiger partial charge in [0.25, 0.3) is 5.92 Å². The molecule has 0 bridgehead atoms. The zero-order valence-electron chi connectivity index (χ0n) is 17.0. The van der Waals surface area contributed by atoms with Crippen LogP contribution in [0.5, 0.6) is 5.88 Å². The van der Waals surface area contributed by atoms with E-state index in [0.717, 1.165) is 12.1 Å². The molecule has 1 aromatic heterocycles. The van der Waals surface area contributed by atoms with Crippen LogP contribution in [0.15, 0.2) is 30.5 Å². The zero-order chi connectivity index (χ0) is 22.4. The minimum Gasteiger partial charge on any atom is -0.463 e. The van der Waals surface area contributed by atoms with E-state index < -0.39 is 36.4 Å². The molecule has 3 atom stereocenters. The Labute approximate surface area is 181 Å². The number of fused-ring (bicyclic) bond motifs is 3. The molecule has 2 heterocycles. The van der Waals surface area contributed by atoms with Gasteiger partial charge in [0.1, 0.15) is 12.0 Å². The van der Waals surface area contributed by atoms with Crippen LogP contribution < -0.4 is 4.74 Å². The molecule has 1 aliphatic heterocycles. The number of aryl methyl sites for hydroxylation is 1. The summed E-state index contributed by atoms with van der Waals surface area (Å²) >= 11 is 0. The first-order chi connectivity index (χ1) is 15.3. The number of nitrogens with zero attached hydrogens (tertiary/aromatic N) is 3. The maximum Gasteiger partial charge on any atom is 0.292 e. The van der Waals surface area contributed by atoms with Crippen molar-refractivity contribution in [2.45, 2.75) is 43.4 Å². The van der Waals surface area contributed by atoms with Crippen molar-refractivity contribution in [3.63, 3.8) is 0 Å². The molecule has 4 nitrogen and oxygen atoms in total. The Hall–Kier alpha value is -3.34. The van der Waals surface area contributed by atoms with E-state index in [9.17, 15) is 14.0 Å². The smallest absolute Gasteiger partial charge is 0.292 e. The minimum atomic E-state index is -3.13. The molecule has 6 rings (SSSR count). The number of hydrogen-bond acceptors (Lipinski definition) is 3. The first-order valence-electron chi connectivity index (χ1n) is 10.4. The van der Waals surface area contributed by atoms with Gasteiger partial charge >= 0.3 is 0 Å². The van der Waals surface area contributed by atoms with E-state index in [2.05, 4.69) is 5.10 Å². The van der Waals surface area contributed by atoms with E-state index in [1.807, 2.05) is 6.07 Å². The highest BCUT2D eigenvalue weighted by atomic mass is 19.3. The highest BCUT2D eigenvalue weighted by Crippen LogP contribution is 2.57. The fourth-order valence-corrected chi connectivity index (χ4v) is 5.59. The SMILES string of the molecule is Cn1ncc2c1OC1c3c-2ccc(C2CCC(F)c4cc(F)cc(C#N)c42)c3CC1(F)F. The number of aromatic nitrogens is 2. The summed E-state index contributed by atoms with van der Waals surface area (Å²) in [7, 11) is 1.64. The quantitative estimate of drug-likeness (QED) is 0.460. The normalized spacial score (nSPS) is 24.2. The summed E-state index contributed by atoms with van der Waals surface area (Å²) in [6, 6.07) is 7.74. The predicted molar refractivity (Wildman–Crippen MR) is 107 cm³/mol. The van der Waals surface area contributed by atoms with Gasteiger partial charge < -0.3 is 4.74 Å². The van der Waals surface area contributed by atoms with Crippen LogP contribution in [-0.2, 0) is 13.5 Å². The Morgan fingerprint density at radius 1 is 1.16 bits per heavy atom. The second kappa shape index (κ2) is 6.35. The van der Waals surface area contributed by atoms with Gasteiger partial charge in [-0.15, -0.1) is 0 Å². The lowest BCUT2D eigenvalue weighted by atomic mass is 9.74. The van der Waals surface area contributed by atoms with Gasteiger partial charge in [-0.2, -0.15) is 10.4 Å². The van der Waals surface area contributed by atoms with Crippen molar-refractivity contribution in [1.29, 1.82) is 5.26 Å². The third-order valence-electron chi connectivity index (χ3n) is 6.92. The van der Waals surface area contributed by atoms with E-state index in [1.54, 1.807) is 25.4 Å². The summed E-state index contributed by atoms with van der Waals surface area (Å²) < 4.78 is 66.1. The first kappa shape index (κ1) is 19.4. The molecule has 162 valence electrons. The fourth-order valence-electron chi connectivity index (χ4n) is 5.59. The number of alkyl halides is 3. The van der Waals surface area contributed by atoms with Gasteiger partial charge in [-0.3, -0.25) is 0 Å². The Kier molecular flexibility index (Phi) is 3.84. The Bertz CT molecular complexity index is 1340. The third-order valence-corrected chi connectivity index (χ3v) is 6.92. The molecule has 3 aliphatic rings. The molecule has 0 spiro atoms. The van der Waals surface area contributed by atoms with E-state index in [0.29, 0.717) is 45.7 Å². The van der Waals surface area contributed by atoms with Crippen LogP contribution in [-0.4, -0.2) is 15.7 Å². The standard InChI is InChI=1S/C24H17F4N3O/c1-31-23-18(10-30-31)15-3-2-13(17-8-24(27,28)22(32-23)21(15)17)14-4-5-19(26)16-7-12(25)6-11(9-29)20(14)16/h2-3,6-7,10,14,19,22H,4-5,8H2,1H3. The Balaban J connectivity index is 1.59. The molecule has 2 aromatic carbocycles. The monoisotopic (exact) mass is 439 g/mol. The number of rotatable bonds is 1. The highest BCUT2D eigenvalue weighted by Gasteiger charge is 2.54. The van der Waals surface area contributed by atoms with Gasteiger partial charge in [0.2, 0.25) is 5.88 Å².